The van der Waals surface area contributed by atoms with Crippen LogP contribution in [0, 0.1) is 0 Å². The summed E-state index contributed by atoms with van der Waals surface area (Å²) in [5, 5.41) is 7.46. The van der Waals surface area contributed by atoms with Crippen molar-refractivity contribution < 1.29 is 4.79 Å². The number of halogens is 1. The fraction of sp³-hybridized carbons (Fsp3) is 0.389. The van der Waals surface area contributed by atoms with Crippen molar-refractivity contribution in [3.05, 3.63) is 51.9 Å². The van der Waals surface area contributed by atoms with Crippen molar-refractivity contribution >= 4 is 23.2 Å². The summed E-state index contributed by atoms with van der Waals surface area (Å²) in [7, 11) is 0. The molecule has 0 radical (unpaired) electrons. The highest BCUT2D eigenvalue weighted by Gasteiger charge is 2.36. The Morgan fingerprint density at radius 3 is 2.48 bits per heavy atom. The maximum absolute atomic E-state index is 12.5. The molecular formula is C18H21ClN4O2. The van der Waals surface area contributed by atoms with Crippen molar-refractivity contribution in [2.45, 2.75) is 38.8 Å². The quantitative estimate of drug-likeness (QED) is 0.913. The van der Waals surface area contributed by atoms with Crippen LogP contribution in [0.1, 0.15) is 27.2 Å². The van der Waals surface area contributed by atoms with Crippen molar-refractivity contribution in [1.29, 1.82) is 0 Å². The number of amides is 1. The molecule has 1 unspecified atom stereocenters. The van der Waals surface area contributed by atoms with Gasteiger partial charge in [0, 0.05) is 18.5 Å². The van der Waals surface area contributed by atoms with Crippen LogP contribution in [-0.2, 0) is 4.79 Å². The van der Waals surface area contributed by atoms with Crippen LogP contribution in [-0.4, -0.2) is 38.7 Å². The van der Waals surface area contributed by atoms with Gasteiger partial charge >= 0.3 is 0 Å². The molecule has 0 aliphatic carbocycles. The van der Waals surface area contributed by atoms with Crippen molar-refractivity contribution in [2.75, 3.05) is 11.9 Å². The molecule has 6 nitrogen and oxygen atoms in total. The van der Waals surface area contributed by atoms with E-state index in [0.29, 0.717) is 24.3 Å². The van der Waals surface area contributed by atoms with Crippen LogP contribution in [0.3, 0.4) is 0 Å². The number of rotatable bonds is 3. The Balaban J connectivity index is 1.82. The molecule has 25 heavy (non-hydrogen) atoms. The summed E-state index contributed by atoms with van der Waals surface area (Å²) in [5.41, 5.74) is 0.477. The topological polar surface area (TPSA) is 67.2 Å². The van der Waals surface area contributed by atoms with E-state index in [4.69, 9.17) is 11.6 Å². The lowest BCUT2D eigenvalue weighted by Crippen LogP contribution is -2.43. The molecule has 1 aromatic heterocycles. The summed E-state index contributed by atoms with van der Waals surface area (Å²) in [6.45, 7) is 6.58. The summed E-state index contributed by atoms with van der Waals surface area (Å²) in [6, 6.07) is 9.00. The molecule has 1 N–H and O–H groups in total. The first-order chi connectivity index (χ1) is 11.8. The van der Waals surface area contributed by atoms with E-state index in [0.717, 1.165) is 0 Å². The van der Waals surface area contributed by atoms with Gasteiger partial charge in [-0.05, 0) is 32.9 Å². The number of anilines is 1. The number of nitrogens with one attached hydrogen (secondary N) is 1. The van der Waals surface area contributed by atoms with E-state index in [-0.39, 0.29) is 22.5 Å². The van der Waals surface area contributed by atoms with Crippen molar-refractivity contribution in [3.8, 4) is 5.69 Å². The monoisotopic (exact) mass is 360 g/mol. The van der Waals surface area contributed by atoms with Crippen LogP contribution in [0.5, 0.6) is 0 Å². The average molecular weight is 361 g/mol. The van der Waals surface area contributed by atoms with Gasteiger partial charge < -0.3 is 10.2 Å². The lowest BCUT2D eigenvalue weighted by Gasteiger charge is -2.32. The maximum atomic E-state index is 12.5. The second kappa shape index (κ2) is 6.52. The molecule has 1 amide bonds. The number of aromatic nitrogens is 2. The lowest BCUT2D eigenvalue weighted by molar-refractivity contribution is -0.131. The van der Waals surface area contributed by atoms with Gasteiger partial charge in [0.2, 0.25) is 5.91 Å². The Hall–Kier alpha value is -2.34. The van der Waals surface area contributed by atoms with Gasteiger partial charge in [0.05, 0.1) is 23.6 Å². The summed E-state index contributed by atoms with van der Waals surface area (Å²) >= 11 is 6.26. The predicted molar refractivity (Wildman–Crippen MR) is 98.3 cm³/mol. The number of benzene rings is 1. The van der Waals surface area contributed by atoms with Crippen molar-refractivity contribution in [2.24, 2.45) is 0 Å². The van der Waals surface area contributed by atoms with Gasteiger partial charge in [-0.2, -0.15) is 9.78 Å². The third-order valence-corrected chi connectivity index (χ3v) is 4.58. The van der Waals surface area contributed by atoms with Crippen LogP contribution >= 0.6 is 11.6 Å². The van der Waals surface area contributed by atoms with E-state index in [1.807, 2.05) is 43.9 Å². The number of likely N-dealkylation sites (tertiary alicyclic amines) is 1. The lowest BCUT2D eigenvalue weighted by atomic mass is 10.1. The van der Waals surface area contributed by atoms with Crippen molar-refractivity contribution in [1.82, 2.24) is 14.7 Å². The molecule has 1 aromatic carbocycles. The summed E-state index contributed by atoms with van der Waals surface area (Å²) < 4.78 is 1.26. The molecule has 1 saturated heterocycles. The highest BCUT2D eigenvalue weighted by atomic mass is 35.5. The minimum atomic E-state index is -0.394. The van der Waals surface area contributed by atoms with Gasteiger partial charge in [0.15, 0.2) is 0 Å². The molecule has 7 heteroatoms. The zero-order chi connectivity index (χ0) is 18.2. The minimum absolute atomic E-state index is 0.0699. The van der Waals surface area contributed by atoms with Gasteiger partial charge in [-0.15, -0.1) is 0 Å². The van der Waals surface area contributed by atoms with Crippen LogP contribution in [0.4, 0.5) is 5.69 Å². The molecule has 1 fully saturated rings. The highest BCUT2D eigenvalue weighted by Crippen LogP contribution is 2.25. The van der Waals surface area contributed by atoms with E-state index >= 15 is 0 Å². The molecule has 1 atom stereocenters. The van der Waals surface area contributed by atoms with E-state index in [1.54, 1.807) is 12.1 Å². The third-order valence-electron chi connectivity index (χ3n) is 4.21. The van der Waals surface area contributed by atoms with Crippen LogP contribution in [0.25, 0.3) is 5.69 Å². The predicted octanol–water partition coefficient (Wildman–Crippen LogP) is 2.70. The normalized spacial score (nSPS) is 17.8. The first kappa shape index (κ1) is 17.5. The molecule has 3 rings (SSSR count). The van der Waals surface area contributed by atoms with E-state index in [1.165, 1.54) is 10.9 Å². The van der Waals surface area contributed by atoms with Gasteiger partial charge in [-0.1, -0.05) is 29.8 Å². The molecular weight excluding hydrogens is 340 g/mol. The number of hydrogen-bond acceptors (Lipinski definition) is 4. The summed E-state index contributed by atoms with van der Waals surface area (Å²) in [5.74, 6) is 0.0895. The second-order valence-electron chi connectivity index (χ2n) is 7.15. The SMILES string of the molecule is CC(C)(C)N1CC(Nc2cnn(-c3ccccc3)c(=O)c2Cl)CC1=O. The van der Waals surface area contributed by atoms with Crippen LogP contribution in [0.15, 0.2) is 41.3 Å². The Kier molecular flexibility index (Phi) is 4.56. The molecule has 1 aliphatic rings. The maximum Gasteiger partial charge on any atom is 0.292 e. The largest absolute Gasteiger partial charge is 0.377 e. The van der Waals surface area contributed by atoms with E-state index < -0.39 is 5.56 Å². The summed E-state index contributed by atoms with van der Waals surface area (Å²) in [6.07, 6.45) is 1.90. The van der Waals surface area contributed by atoms with Gasteiger partial charge in [0.25, 0.3) is 5.56 Å². The zero-order valence-electron chi connectivity index (χ0n) is 14.5. The second-order valence-corrected chi connectivity index (χ2v) is 7.52. The fourth-order valence-electron chi connectivity index (χ4n) is 2.96. The Bertz CT molecular complexity index is 842. The van der Waals surface area contributed by atoms with E-state index in [2.05, 4.69) is 10.4 Å². The zero-order valence-corrected chi connectivity index (χ0v) is 15.2. The highest BCUT2D eigenvalue weighted by molar-refractivity contribution is 6.33. The van der Waals surface area contributed by atoms with Crippen molar-refractivity contribution in [3.63, 3.8) is 0 Å². The van der Waals surface area contributed by atoms with Gasteiger partial charge in [0.1, 0.15) is 5.02 Å². The Labute approximate surface area is 151 Å². The molecule has 132 valence electrons. The molecule has 0 spiro atoms. The Morgan fingerprint density at radius 2 is 1.88 bits per heavy atom. The molecule has 1 aliphatic heterocycles. The average Bonchev–Trinajstić information content (AvgIpc) is 2.94. The first-order valence-electron chi connectivity index (χ1n) is 8.17. The third kappa shape index (κ3) is 3.54. The molecule has 2 aromatic rings. The number of carbonyl (C=O) groups is 1. The fourth-order valence-corrected chi connectivity index (χ4v) is 3.14. The first-order valence-corrected chi connectivity index (χ1v) is 8.55. The smallest absolute Gasteiger partial charge is 0.292 e. The minimum Gasteiger partial charge on any atom is -0.377 e. The molecule has 0 bridgehead atoms. The summed E-state index contributed by atoms with van der Waals surface area (Å²) in [4.78, 5) is 26.5. The van der Waals surface area contributed by atoms with Crippen LogP contribution < -0.4 is 10.9 Å². The molecule has 2 heterocycles. The van der Waals surface area contributed by atoms with Crippen LogP contribution in [0.2, 0.25) is 5.02 Å². The number of hydrogen-bond donors (Lipinski definition) is 1. The number of para-hydroxylation sites is 1. The number of nitrogens with zero attached hydrogens (tertiary/aromatic N) is 3. The van der Waals surface area contributed by atoms with Gasteiger partial charge in [-0.3, -0.25) is 9.59 Å². The standard InChI is InChI=1S/C18H21ClN4O2/c1-18(2,3)22-11-12(9-15(22)24)21-14-10-20-23(17(25)16(14)19)13-7-5-4-6-8-13/h4-8,10,12,21H,9,11H2,1-3H3. The van der Waals surface area contributed by atoms with Gasteiger partial charge in [-0.25, -0.2) is 0 Å². The number of carbonyl (C=O) groups excluding carboxylic acids is 1. The molecule has 0 saturated carbocycles. The van der Waals surface area contributed by atoms with E-state index in [9.17, 15) is 9.59 Å². The Morgan fingerprint density at radius 1 is 1.20 bits per heavy atom.